The van der Waals surface area contributed by atoms with Crippen molar-refractivity contribution >= 4 is 11.6 Å². The highest BCUT2D eigenvalue weighted by molar-refractivity contribution is 5.93. The lowest BCUT2D eigenvalue weighted by atomic mass is 10.2. The molecule has 0 saturated carbocycles. The zero-order valence-electron chi connectivity index (χ0n) is 14.2. The first-order chi connectivity index (χ1) is 12.7. The van der Waals surface area contributed by atoms with Gasteiger partial charge in [0.15, 0.2) is 0 Å². The molecule has 0 aliphatic carbocycles. The maximum Gasteiger partial charge on any atom is 0.270 e. The lowest BCUT2D eigenvalue weighted by Gasteiger charge is -2.34. The average Bonchev–Trinajstić information content (AvgIpc) is 3.20. The third kappa shape index (κ3) is 3.21. The van der Waals surface area contributed by atoms with Crippen LogP contribution >= 0.6 is 0 Å². The molecule has 9 nitrogen and oxygen atoms in total. The number of carbonyl (C=O) groups excluding carboxylic acids is 1. The van der Waals surface area contributed by atoms with Gasteiger partial charge in [-0.2, -0.15) is 5.10 Å². The van der Waals surface area contributed by atoms with Gasteiger partial charge < -0.3 is 4.90 Å². The highest BCUT2D eigenvalue weighted by Crippen LogP contribution is 2.07. The summed E-state index contributed by atoms with van der Waals surface area (Å²) in [4.78, 5) is 37.5. The van der Waals surface area contributed by atoms with Gasteiger partial charge in [-0.3, -0.25) is 23.6 Å². The van der Waals surface area contributed by atoms with Crippen molar-refractivity contribution in [3.8, 4) is 0 Å². The van der Waals surface area contributed by atoms with Gasteiger partial charge in [-0.1, -0.05) is 6.07 Å². The molecule has 0 bridgehead atoms. The van der Waals surface area contributed by atoms with Crippen LogP contribution in [0.2, 0.25) is 0 Å². The fraction of sp³-hybridized carbons (Fsp3) is 0.353. The molecule has 3 aromatic rings. The molecule has 26 heavy (non-hydrogen) atoms. The second-order valence-corrected chi connectivity index (χ2v) is 6.20. The third-order valence-electron chi connectivity index (χ3n) is 4.62. The molecular weight excluding hydrogens is 334 g/mol. The fourth-order valence-electron chi connectivity index (χ4n) is 3.11. The van der Waals surface area contributed by atoms with Crippen LogP contribution in [0.1, 0.15) is 10.4 Å². The van der Waals surface area contributed by atoms with E-state index < -0.39 is 0 Å². The van der Waals surface area contributed by atoms with Gasteiger partial charge in [-0.25, -0.2) is 9.97 Å². The summed E-state index contributed by atoms with van der Waals surface area (Å²) >= 11 is 0. The minimum Gasteiger partial charge on any atom is -0.336 e. The molecule has 0 radical (unpaired) electrons. The molecule has 134 valence electrons. The van der Waals surface area contributed by atoms with Crippen molar-refractivity contribution in [1.29, 1.82) is 0 Å². The third-order valence-corrected chi connectivity index (χ3v) is 4.62. The number of pyridine rings is 1. The van der Waals surface area contributed by atoms with Crippen molar-refractivity contribution in [2.24, 2.45) is 0 Å². The maximum absolute atomic E-state index is 12.7. The molecule has 1 aliphatic heterocycles. The number of amides is 1. The summed E-state index contributed by atoms with van der Waals surface area (Å²) in [5, 5.41) is 4.09. The summed E-state index contributed by atoms with van der Waals surface area (Å²) in [6.45, 7) is 4.33. The average molecular weight is 353 g/mol. The SMILES string of the molecule is O=C(c1cnc2ccccn2c1=O)N1CCN(CCn2cncn2)CC1. The van der Waals surface area contributed by atoms with Crippen molar-refractivity contribution in [2.75, 3.05) is 32.7 Å². The lowest BCUT2D eigenvalue weighted by molar-refractivity contribution is 0.0629. The Morgan fingerprint density at radius 1 is 1.12 bits per heavy atom. The van der Waals surface area contributed by atoms with E-state index in [2.05, 4.69) is 20.0 Å². The van der Waals surface area contributed by atoms with Gasteiger partial charge >= 0.3 is 0 Å². The predicted octanol–water partition coefficient (Wildman–Crippen LogP) is -0.256. The smallest absolute Gasteiger partial charge is 0.270 e. The maximum atomic E-state index is 12.7. The van der Waals surface area contributed by atoms with Crippen molar-refractivity contribution in [3.63, 3.8) is 0 Å². The van der Waals surface area contributed by atoms with Crippen molar-refractivity contribution in [1.82, 2.24) is 33.9 Å². The van der Waals surface area contributed by atoms with Gasteiger partial charge in [0, 0.05) is 45.1 Å². The lowest BCUT2D eigenvalue weighted by Crippen LogP contribution is -2.50. The van der Waals surface area contributed by atoms with Crippen molar-refractivity contribution in [2.45, 2.75) is 6.54 Å². The number of hydrogen-bond acceptors (Lipinski definition) is 6. The van der Waals surface area contributed by atoms with Gasteiger partial charge in [0.2, 0.25) is 0 Å². The van der Waals surface area contributed by atoms with Crippen LogP contribution in [0.5, 0.6) is 0 Å². The first kappa shape index (κ1) is 16.4. The molecule has 4 heterocycles. The molecule has 0 atom stereocenters. The topological polar surface area (TPSA) is 88.6 Å². The fourth-order valence-corrected chi connectivity index (χ4v) is 3.11. The van der Waals surface area contributed by atoms with E-state index in [1.54, 1.807) is 34.2 Å². The largest absolute Gasteiger partial charge is 0.336 e. The van der Waals surface area contributed by atoms with Crippen LogP contribution < -0.4 is 5.56 Å². The van der Waals surface area contributed by atoms with E-state index >= 15 is 0 Å². The Balaban J connectivity index is 1.40. The zero-order valence-corrected chi connectivity index (χ0v) is 14.2. The molecule has 3 aromatic heterocycles. The molecule has 9 heteroatoms. The van der Waals surface area contributed by atoms with Gasteiger partial charge in [0.1, 0.15) is 23.9 Å². The van der Waals surface area contributed by atoms with Crippen LogP contribution in [0.15, 0.2) is 48.0 Å². The highest BCUT2D eigenvalue weighted by atomic mass is 16.2. The zero-order chi connectivity index (χ0) is 17.9. The number of hydrogen-bond donors (Lipinski definition) is 0. The predicted molar refractivity (Wildman–Crippen MR) is 93.8 cm³/mol. The highest BCUT2D eigenvalue weighted by Gasteiger charge is 2.24. The van der Waals surface area contributed by atoms with Gasteiger partial charge in [0.05, 0.1) is 6.54 Å². The Hall–Kier alpha value is -3.07. The first-order valence-corrected chi connectivity index (χ1v) is 8.53. The van der Waals surface area contributed by atoms with Crippen molar-refractivity contribution in [3.05, 3.63) is 59.2 Å². The van der Waals surface area contributed by atoms with E-state index in [9.17, 15) is 9.59 Å². The number of rotatable bonds is 4. The second kappa shape index (κ2) is 7.04. The molecular formula is C17H19N7O2. The van der Waals surface area contributed by atoms with E-state index in [1.165, 1.54) is 16.9 Å². The van der Waals surface area contributed by atoms with E-state index in [0.29, 0.717) is 18.7 Å². The standard InChI is InChI=1S/C17H19N7O2/c25-16(14-11-19-15-3-1-2-4-24(15)17(14)26)22-8-5-21(6-9-22)7-10-23-13-18-12-20-23/h1-4,11-13H,5-10H2. The summed E-state index contributed by atoms with van der Waals surface area (Å²) in [5.74, 6) is -0.253. The Kier molecular flexibility index (Phi) is 4.44. The molecule has 0 spiro atoms. The van der Waals surface area contributed by atoms with Gasteiger partial charge in [0.25, 0.3) is 11.5 Å². The van der Waals surface area contributed by atoms with E-state index in [-0.39, 0.29) is 17.0 Å². The summed E-state index contributed by atoms with van der Waals surface area (Å²) in [6, 6.07) is 5.30. The summed E-state index contributed by atoms with van der Waals surface area (Å²) in [5.41, 5.74) is 0.325. The number of carbonyl (C=O) groups is 1. The first-order valence-electron chi connectivity index (χ1n) is 8.53. The summed E-state index contributed by atoms with van der Waals surface area (Å²) < 4.78 is 3.20. The minimum absolute atomic E-state index is 0.116. The van der Waals surface area contributed by atoms with Gasteiger partial charge in [-0.05, 0) is 12.1 Å². The molecule has 1 saturated heterocycles. The Morgan fingerprint density at radius 3 is 2.73 bits per heavy atom. The minimum atomic E-state index is -0.325. The normalized spacial score (nSPS) is 15.5. The molecule has 1 aliphatic rings. The molecule has 1 amide bonds. The number of fused-ring (bicyclic) bond motifs is 1. The van der Waals surface area contributed by atoms with Gasteiger partial charge in [-0.15, -0.1) is 0 Å². The quantitative estimate of drug-likeness (QED) is 0.642. The Labute approximate surface area is 149 Å². The number of aromatic nitrogens is 5. The van der Waals surface area contributed by atoms with Crippen LogP contribution in [0.25, 0.3) is 5.65 Å². The second-order valence-electron chi connectivity index (χ2n) is 6.20. The molecule has 0 aromatic carbocycles. The van der Waals surface area contributed by atoms with E-state index in [0.717, 1.165) is 26.2 Å². The van der Waals surface area contributed by atoms with Crippen LogP contribution in [-0.4, -0.2) is 72.6 Å². The van der Waals surface area contributed by atoms with Crippen LogP contribution in [0.4, 0.5) is 0 Å². The molecule has 1 fully saturated rings. The Bertz CT molecular complexity index is 959. The number of piperazine rings is 1. The molecule has 0 unspecified atom stereocenters. The Morgan fingerprint density at radius 2 is 1.96 bits per heavy atom. The van der Waals surface area contributed by atoms with Crippen LogP contribution in [0, 0.1) is 0 Å². The summed E-state index contributed by atoms with van der Waals surface area (Å²) in [6.07, 6.45) is 6.23. The summed E-state index contributed by atoms with van der Waals surface area (Å²) in [7, 11) is 0. The number of nitrogens with zero attached hydrogens (tertiary/aromatic N) is 7. The van der Waals surface area contributed by atoms with Crippen LogP contribution in [0.3, 0.4) is 0 Å². The van der Waals surface area contributed by atoms with E-state index in [4.69, 9.17) is 0 Å². The van der Waals surface area contributed by atoms with E-state index in [1.807, 2.05) is 6.07 Å². The molecule has 4 rings (SSSR count). The molecule has 0 N–H and O–H groups in total. The van der Waals surface area contributed by atoms with Crippen LogP contribution in [-0.2, 0) is 6.54 Å². The monoisotopic (exact) mass is 353 g/mol. The van der Waals surface area contributed by atoms with Crippen molar-refractivity contribution < 1.29 is 4.79 Å².